The van der Waals surface area contributed by atoms with Crippen molar-refractivity contribution in [3.63, 3.8) is 0 Å². The lowest BCUT2D eigenvalue weighted by Crippen LogP contribution is -2.61. The van der Waals surface area contributed by atoms with Crippen LogP contribution in [0.5, 0.6) is 0 Å². The summed E-state index contributed by atoms with van der Waals surface area (Å²) in [6.45, 7) is 2.16. The lowest BCUT2D eigenvalue weighted by atomic mass is 9.89. The van der Waals surface area contributed by atoms with E-state index in [-0.39, 0.29) is 32.0 Å². The molecule has 1 saturated heterocycles. The van der Waals surface area contributed by atoms with Crippen molar-refractivity contribution < 1.29 is 24.2 Å². The molecular formula is C20H20N2O5. The van der Waals surface area contributed by atoms with Crippen LogP contribution in [0.2, 0.25) is 0 Å². The molecular weight excluding hydrogens is 348 g/mol. The molecule has 1 atom stereocenters. The van der Waals surface area contributed by atoms with Gasteiger partial charge in [0, 0.05) is 37.0 Å². The minimum atomic E-state index is -1.36. The third-order valence-electron chi connectivity index (χ3n) is 5.48. The maximum absolute atomic E-state index is 12.9. The number of carbonyl (C=O) groups is 3. The van der Waals surface area contributed by atoms with Gasteiger partial charge in [-0.25, -0.2) is 4.79 Å². The summed E-state index contributed by atoms with van der Waals surface area (Å²) in [4.78, 5) is 39.1. The molecule has 2 aromatic rings. The first-order valence-corrected chi connectivity index (χ1v) is 8.93. The van der Waals surface area contributed by atoms with Crippen LogP contribution >= 0.6 is 0 Å². The van der Waals surface area contributed by atoms with Crippen molar-refractivity contribution >= 4 is 34.2 Å². The first-order chi connectivity index (χ1) is 12.9. The molecule has 2 aromatic carbocycles. The quantitative estimate of drug-likeness (QED) is 0.860. The Labute approximate surface area is 155 Å². The van der Waals surface area contributed by atoms with E-state index in [1.165, 1.54) is 4.90 Å². The van der Waals surface area contributed by atoms with Crippen LogP contribution in [0.3, 0.4) is 0 Å². The molecule has 0 saturated carbocycles. The average molecular weight is 368 g/mol. The highest BCUT2D eigenvalue weighted by Crippen LogP contribution is 2.38. The number of rotatable bonds is 4. The highest BCUT2D eigenvalue weighted by molar-refractivity contribution is 6.26. The Hall–Kier alpha value is -2.93. The fraction of sp³-hybridized carbons (Fsp3) is 0.350. The van der Waals surface area contributed by atoms with Gasteiger partial charge in [0.2, 0.25) is 5.91 Å². The number of benzene rings is 2. The van der Waals surface area contributed by atoms with E-state index < -0.39 is 23.5 Å². The number of amides is 2. The molecule has 140 valence electrons. The number of anilines is 1. The molecule has 0 unspecified atom stereocenters. The zero-order valence-electron chi connectivity index (χ0n) is 14.9. The Kier molecular flexibility index (Phi) is 4.11. The summed E-state index contributed by atoms with van der Waals surface area (Å²) in [6.07, 6.45) is 0.398. The highest BCUT2D eigenvalue weighted by atomic mass is 16.5. The molecule has 0 radical (unpaired) electrons. The van der Waals surface area contributed by atoms with E-state index in [0.29, 0.717) is 11.3 Å². The molecule has 0 spiro atoms. The van der Waals surface area contributed by atoms with Crippen LogP contribution in [0.4, 0.5) is 5.69 Å². The minimum Gasteiger partial charge on any atom is -0.480 e. The van der Waals surface area contributed by atoms with E-state index in [4.69, 9.17) is 4.74 Å². The molecule has 7 heteroatoms. The van der Waals surface area contributed by atoms with Gasteiger partial charge in [-0.15, -0.1) is 0 Å². The summed E-state index contributed by atoms with van der Waals surface area (Å²) in [6, 6.07) is 10.2. The van der Waals surface area contributed by atoms with Gasteiger partial charge in [0.25, 0.3) is 5.91 Å². The maximum Gasteiger partial charge on any atom is 0.329 e. The van der Waals surface area contributed by atoms with Gasteiger partial charge in [0.05, 0.1) is 5.69 Å². The van der Waals surface area contributed by atoms with E-state index in [1.54, 1.807) is 13.0 Å². The van der Waals surface area contributed by atoms with Crippen LogP contribution in [0, 0.1) is 0 Å². The SMILES string of the molecule is C[C@H](C(=O)NC1(C(=O)O)CCOCC1)N1C(=O)c2cccc3cccc1c23. The van der Waals surface area contributed by atoms with Gasteiger partial charge in [0.15, 0.2) is 0 Å². The number of carboxylic acid groups (broad SMARTS) is 1. The third-order valence-corrected chi connectivity index (χ3v) is 5.48. The molecule has 0 bridgehead atoms. The Morgan fingerprint density at radius 3 is 2.52 bits per heavy atom. The number of ether oxygens (including phenoxy) is 1. The molecule has 7 nitrogen and oxygen atoms in total. The standard InChI is InChI=1S/C20H20N2O5/c1-12(17(23)21-20(19(25)26)8-10-27-11-9-20)22-15-7-3-5-13-4-2-6-14(16(13)15)18(22)24/h2-7,12H,8-11H2,1H3,(H,21,23)(H,25,26)/t12-/m1/s1. The second-order valence-corrected chi connectivity index (χ2v) is 7.02. The van der Waals surface area contributed by atoms with Crippen molar-refractivity contribution in [2.24, 2.45) is 0 Å². The number of hydrogen-bond donors (Lipinski definition) is 2. The van der Waals surface area contributed by atoms with E-state index in [1.807, 2.05) is 30.3 Å². The van der Waals surface area contributed by atoms with Crippen molar-refractivity contribution in [3.05, 3.63) is 42.0 Å². The van der Waals surface area contributed by atoms with E-state index in [0.717, 1.165) is 10.8 Å². The number of nitrogens with one attached hydrogen (secondary N) is 1. The smallest absolute Gasteiger partial charge is 0.329 e. The van der Waals surface area contributed by atoms with Crippen molar-refractivity contribution in [3.8, 4) is 0 Å². The largest absolute Gasteiger partial charge is 0.480 e. The van der Waals surface area contributed by atoms with Crippen LogP contribution in [0.1, 0.15) is 30.1 Å². The average Bonchev–Trinajstić information content (AvgIpc) is 2.96. The molecule has 0 aromatic heterocycles. The normalized spacial score (nSPS) is 19.1. The Bertz CT molecular complexity index is 943. The molecule has 1 fully saturated rings. The predicted octanol–water partition coefficient (Wildman–Crippen LogP) is 1.94. The van der Waals surface area contributed by atoms with Crippen LogP contribution in [-0.4, -0.2) is 47.7 Å². The van der Waals surface area contributed by atoms with Crippen LogP contribution < -0.4 is 10.2 Å². The van der Waals surface area contributed by atoms with E-state index in [9.17, 15) is 19.5 Å². The lowest BCUT2D eigenvalue weighted by Gasteiger charge is -2.36. The Balaban J connectivity index is 1.64. The molecule has 27 heavy (non-hydrogen) atoms. The fourth-order valence-electron chi connectivity index (χ4n) is 3.89. The molecule has 2 heterocycles. The zero-order chi connectivity index (χ0) is 19.2. The first kappa shape index (κ1) is 17.5. The van der Waals surface area contributed by atoms with Crippen molar-refractivity contribution in [2.75, 3.05) is 18.1 Å². The summed E-state index contributed by atoms with van der Waals surface area (Å²) in [5, 5.41) is 14.1. The van der Waals surface area contributed by atoms with Crippen molar-refractivity contribution in [1.29, 1.82) is 0 Å². The van der Waals surface area contributed by atoms with Crippen LogP contribution in [-0.2, 0) is 14.3 Å². The number of aliphatic carboxylic acids is 1. The number of carboxylic acids is 1. The number of carbonyl (C=O) groups excluding carboxylic acids is 2. The second-order valence-electron chi connectivity index (χ2n) is 7.02. The monoisotopic (exact) mass is 368 g/mol. The number of nitrogens with zero attached hydrogens (tertiary/aromatic N) is 1. The third kappa shape index (κ3) is 2.66. The topological polar surface area (TPSA) is 95.9 Å². The summed E-state index contributed by atoms with van der Waals surface area (Å²) in [5.41, 5.74) is -0.125. The minimum absolute atomic E-state index is 0.199. The Morgan fingerprint density at radius 2 is 1.85 bits per heavy atom. The molecule has 2 aliphatic heterocycles. The second kappa shape index (κ2) is 6.35. The Morgan fingerprint density at radius 1 is 1.19 bits per heavy atom. The fourth-order valence-corrected chi connectivity index (χ4v) is 3.89. The number of hydrogen-bond acceptors (Lipinski definition) is 4. The highest BCUT2D eigenvalue weighted by Gasteiger charge is 2.44. The van der Waals surface area contributed by atoms with Gasteiger partial charge in [-0.05, 0) is 24.4 Å². The van der Waals surface area contributed by atoms with Gasteiger partial charge in [-0.3, -0.25) is 14.5 Å². The lowest BCUT2D eigenvalue weighted by molar-refractivity contribution is -0.152. The first-order valence-electron chi connectivity index (χ1n) is 8.93. The molecule has 2 N–H and O–H groups in total. The molecule has 2 aliphatic rings. The van der Waals surface area contributed by atoms with Gasteiger partial charge >= 0.3 is 5.97 Å². The molecule has 4 rings (SSSR count). The van der Waals surface area contributed by atoms with Crippen LogP contribution in [0.15, 0.2) is 36.4 Å². The molecule has 0 aliphatic carbocycles. The van der Waals surface area contributed by atoms with E-state index >= 15 is 0 Å². The predicted molar refractivity (Wildman–Crippen MR) is 98.8 cm³/mol. The summed E-state index contributed by atoms with van der Waals surface area (Å²) >= 11 is 0. The van der Waals surface area contributed by atoms with Gasteiger partial charge in [-0.1, -0.05) is 24.3 Å². The maximum atomic E-state index is 12.9. The van der Waals surface area contributed by atoms with Gasteiger partial charge < -0.3 is 15.2 Å². The van der Waals surface area contributed by atoms with Gasteiger partial charge in [-0.2, -0.15) is 0 Å². The van der Waals surface area contributed by atoms with E-state index in [2.05, 4.69) is 5.32 Å². The summed E-state index contributed by atoms with van der Waals surface area (Å²) < 4.78 is 5.24. The zero-order valence-corrected chi connectivity index (χ0v) is 14.9. The summed E-state index contributed by atoms with van der Waals surface area (Å²) in [5.74, 6) is -1.82. The van der Waals surface area contributed by atoms with Gasteiger partial charge in [0.1, 0.15) is 11.6 Å². The summed E-state index contributed by atoms with van der Waals surface area (Å²) in [7, 11) is 0. The van der Waals surface area contributed by atoms with Crippen LogP contribution in [0.25, 0.3) is 10.8 Å². The molecule has 2 amide bonds. The van der Waals surface area contributed by atoms with Crippen molar-refractivity contribution in [1.82, 2.24) is 5.32 Å². The van der Waals surface area contributed by atoms with Crippen molar-refractivity contribution in [2.45, 2.75) is 31.3 Å².